The van der Waals surface area contributed by atoms with Crippen LogP contribution in [0.3, 0.4) is 0 Å². The van der Waals surface area contributed by atoms with Crippen LogP contribution >= 0.6 is 11.3 Å². The third kappa shape index (κ3) is 3.56. The van der Waals surface area contributed by atoms with Gasteiger partial charge < -0.3 is 14.8 Å². The second kappa shape index (κ2) is 7.45. The first-order chi connectivity index (χ1) is 13.2. The Labute approximate surface area is 162 Å². The van der Waals surface area contributed by atoms with Gasteiger partial charge in [-0.25, -0.2) is 0 Å². The highest BCUT2D eigenvalue weighted by molar-refractivity contribution is 7.16. The van der Waals surface area contributed by atoms with Crippen molar-refractivity contribution in [1.29, 1.82) is 5.26 Å². The van der Waals surface area contributed by atoms with E-state index >= 15 is 0 Å². The van der Waals surface area contributed by atoms with Crippen molar-refractivity contribution in [3.8, 4) is 17.6 Å². The van der Waals surface area contributed by atoms with Crippen LogP contribution in [0.1, 0.15) is 41.3 Å². The monoisotopic (exact) mass is 380 g/mol. The third-order valence-corrected chi connectivity index (χ3v) is 6.29. The lowest BCUT2D eigenvalue weighted by Crippen LogP contribution is -2.12. The van der Waals surface area contributed by atoms with Crippen LogP contribution < -0.4 is 14.8 Å². The number of hydrogen-bond donors (Lipinski definition) is 1. The van der Waals surface area contributed by atoms with Crippen molar-refractivity contribution >= 4 is 28.3 Å². The molecule has 2 heterocycles. The summed E-state index contributed by atoms with van der Waals surface area (Å²) in [5.74, 6) is 1.83. The summed E-state index contributed by atoms with van der Waals surface area (Å²) in [6.45, 7) is 2.43. The topological polar surface area (TPSA) is 71.3 Å². The van der Waals surface area contributed by atoms with Crippen molar-refractivity contribution in [3.05, 3.63) is 45.8 Å². The van der Waals surface area contributed by atoms with E-state index in [1.807, 2.05) is 18.2 Å². The summed E-state index contributed by atoms with van der Waals surface area (Å²) < 4.78 is 10.6. The fraction of sp³-hybridized carbons (Fsp3) is 0.333. The highest BCUT2D eigenvalue weighted by Gasteiger charge is 2.25. The van der Waals surface area contributed by atoms with Gasteiger partial charge >= 0.3 is 0 Å². The number of anilines is 1. The molecule has 138 valence electrons. The van der Waals surface area contributed by atoms with Crippen LogP contribution in [-0.2, 0) is 17.6 Å². The Balaban J connectivity index is 1.48. The number of ether oxygens (including phenoxy) is 2. The lowest BCUT2D eigenvalue weighted by Gasteiger charge is -2.20. The molecule has 1 atom stereocenters. The van der Waals surface area contributed by atoms with Gasteiger partial charge in [0, 0.05) is 11.0 Å². The molecule has 4 rings (SSSR count). The van der Waals surface area contributed by atoms with E-state index in [9.17, 15) is 10.1 Å². The first kappa shape index (κ1) is 17.6. The predicted molar refractivity (Wildman–Crippen MR) is 105 cm³/mol. The second-order valence-electron chi connectivity index (χ2n) is 6.77. The van der Waals surface area contributed by atoms with Gasteiger partial charge in [-0.2, -0.15) is 5.26 Å². The molecule has 1 aliphatic carbocycles. The van der Waals surface area contributed by atoms with Gasteiger partial charge in [-0.1, -0.05) is 19.4 Å². The Bertz CT molecular complexity index is 955. The van der Waals surface area contributed by atoms with Crippen molar-refractivity contribution in [2.45, 2.75) is 32.6 Å². The normalized spacial score (nSPS) is 17.6. The van der Waals surface area contributed by atoms with Crippen LogP contribution in [0.15, 0.2) is 24.3 Å². The molecule has 1 amide bonds. The average Bonchev–Trinajstić information content (AvgIpc) is 3.28. The van der Waals surface area contributed by atoms with E-state index in [4.69, 9.17) is 9.47 Å². The molecule has 6 heteroatoms. The number of benzene rings is 1. The minimum atomic E-state index is -0.241. The van der Waals surface area contributed by atoms with Crippen LogP contribution in [0.5, 0.6) is 11.5 Å². The Morgan fingerprint density at radius 2 is 2.26 bits per heavy atom. The molecular weight excluding hydrogens is 360 g/mol. The lowest BCUT2D eigenvalue weighted by atomic mass is 9.86. The number of carbonyl (C=O) groups is 1. The number of fused-ring (bicyclic) bond motifs is 2. The number of carbonyl (C=O) groups excluding carboxylic acids is 1. The Hall–Kier alpha value is -2.78. The molecule has 0 unspecified atom stereocenters. The number of rotatable bonds is 4. The van der Waals surface area contributed by atoms with Crippen molar-refractivity contribution in [2.24, 2.45) is 5.92 Å². The van der Waals surface area contributed by atoms with Crippen molar-refractivity contribution in [1.82, 2.24) is 0 Å². The summed E-state index contributed by atoms with van der Waals surface area (Å²) in [4.78, 5) is 13.6. The molecule has 0 saturated heterocycles. The lowest BCUT2D eigenvalue weighted by molar-refractivity contribution is -0.111. The predicted octanol–water partition coefficient (Wildman–Crippen LogP) is 4.52. The van der Waals surface area contributed by atoms with Crippen molar-refractivity contribution in [3.63, 3.8) is 0 Å². The molecule has 2 aromatic rings. The van der Waals surface area contributed by atoms with Gasteiger partial charge in [-0.3, -0.25) is 4.79 Å². The fourth-order valence-corrected chi connectivity index (χ4v) is 4.87. The van der Waals surface area contributed by atoms with Crippen LogP contribution in [0.4, 0.5) is 5.00 Å². The summed E-state index contributed by atoms with van der Waals surface area (Å²) in [6, 6.07) is 7.81. The van der Waals surface area contributed by atoms with Gasteiger partial charge in [-0.05, 0) is 54.5 Å². The maximum Gasteiger partial charge on any atom is 0.249 e. The van der Waals surface area contributed by atoms with Crippen LogP contribution in [0, 0.1) is 17.2 Å². The zero-order valence-corrected chi connectivity index (χ0v) is 15.9. The Kier molecular flexibility index (Phi) is 4.87. The van der Waals surface area contributed by atoms with Gasteiger partial charge in [0.15, 0.2) is 11.5 Å². The molecule has 5 nitrogen and oxygen atoms in total. The number of nitrogens with one attached hydrogen (secondary N) is 1. The minimum Gasteiger partial charge on any atom is -0.454 e. The maximum absolute atomic E-state index is 12.4. The standard InChI is InChI=1S/C21H20N2O3S/c1-2-13-3-6-15-16(11-22)21(27-19(15)10-13)23-20(24)8-5-14-4-7-17-18(9-14)26-12-25-17/h4-5,7-9,13H,2-3,6,10,12H2,1H3,(H,23,24)/b8-5-/t13-/m0/s1. The molecule has 0 fully saturated rings. The zero-order chi connectivity index (χ0) is 18.8. The fourth-order valence-electron chi connectivity index (χ4n) is 3.55. The van der Waals surface area contributed by atoms with E-state index in [1.54, 1.807) is 17.4 Å². The molecule has 0 spiro atoms. The van der Waals surface area contributed by atoms with Crippen LogP contribution in [-0.4, -0.2) is 12.7 Å². The number of hydrogen-bond acceptors (Lipinski definition) is 5. The minimum absolute atomic E-state index is 0.224. The van der Waals surface area contributed by atoms with E-state index in [-0.39, 0.29) is 12.7 Å². The molecule has 0 saturated carbocycles. The maximum atomic E-state index is 12.4. The average molecular weight is 380 g/mol. The SMILES string of the molecule is CC[C@H]1CCc2c(sc(NC(=O)/C=C\c3ccc4c(c3)OCO4)c2C#N)C1. The molecule has 2 aliphatic rings. The molecule has 1 aromatic heterocycles. The van der Waals surface area contributed by atoms with E-state index in [0.717, 1.165) is 36.8 Å². The summed E-state index contributed by atoms with van der Waals surface area (Å²) in [5, 5.41) is 13.1. The third-order valence-electron chi connectivity index (χ3n) is 5.12. The molecule has 27 heavy (non-hydrogen) atoms. The van der Waals surface area contributed by atoms with Gasteiger partial charge in [0.25, 0.3) is 0 Å². The summed E-state index contributed by atoms with van der Waals surface area (Å²) in [5.41, 5.74) is 2.61. The number of thiophene rings is 1. The Morgan fingerprint density at radius 1 is 1.41 bits per heavy atom. The highest BCUT2D eigenvalue weighted by Crippen LogP contribution is 2.40. The summed E-state index contributed by atoms with van der Waals surface area (Å²) >= 11 is 1.55. The van der Waals surface area contributed by atoms with Crippen LogP contribution in [0.25, 0.3) is 6.08 Å². The van der Waals surface area contributed by atoms with Gasteiger partial charge in [-0.15, -0.1) is 11.3 Å². The number of amides is 1. The van der Waals surface area contributed by atoms with E-state index in [0.29, 0.717) is 28.0 Å². The molecule has 1 N–H and O–H groups in total. The Morgan fingerprint density at radius 3 is 3.07 bits per heavy atom. The largest absolute Gasteiger partial charge is 0.454 e. The van der Waals surface area contributed by atoms with Crippen LogP contribution in [0.2, 0.25) is 0 Å². The van der Waals surface area contributed by atoms with Gasteiger partial charge in [0.1, 0.15) is 11.1 Å². The van der Waals surface area contributed by atoms with E-state index in [2.05, 4.69) is 18.3 Å². The smallest absolute Gasteiger partial charge is 0.249 e. The molecule has 1 aromatic carbocycles. The van der Waals surface area contributed by atoms with Gasteiger partial charge in [0.05, 0.1) is 5.56 Å². The molecule has 1 aliphatic heterocycles. The zero-order valence-electron chi connectivity index (χ0n) is 15.1. The molecule has 0 radical (unpaired) electrons. The summed E-state index contributed by atoms with van der Waals surface area (Å²) in [6.07, 6.45) is 7.41. The van der Waals surface area contributed by atoms with Gasteiger partial charge in [0.2, 0.25) is 12.7 Å². The second-order valence-corrected chi connectivity index (χ2v) is 7.88. The van der Waals surface area contributed by atoms with Crippen molar-refractivity contribution in [2.75, 3.05) is 12.1 Å². The van der Waals surface area contributed by atoms with Crippen molar-refractivity contribution < 1.29 is 14.3 Å². The quantitative estimate of drug-likeness (QED) is 0.792. The molecular formula is C21H20N2O3S. The molecule has 0 bridgehead atoms. The number of nitriles is 1. The number of nitrogens with zero attached hydrogens (tertiary/aromatic N) is 1. The van der Waals surface area contributed by atoms with E-state index < -0.39 is 0 Å². The first-order valence-corrected chi connectivity index (χ1v) is 9.93. The van der Waals surface area contributed by atoms with E-state index in [1.165, 1.54) is 11.0 Å². The highest BCUT2D eigenvalue weighted by atomic mass is 32.1. The first-order valence-electron chi connectivity index (χ1n) is 9.11. The summed E-state index contributed by atoms with van der Waals surface area (Å²) in [7, 11) is 0.